The standard InChI is InChI=1S/C17H19ClN2O6S2/c1-25-16-7-5-13(11-17(16)26-2)28(23,24)19-12-4-6-14(18)15(10-12)20-8-3-9-27(20,21)22/h4-7,10-11,19H,3,8-9H2,1-2H3. The number of benzene rings is 2. The normalized spacial score (nSPS) is 16.0. The molecule has 0 amide bonds. The number of sulfonamides is 2. The number of nitrogens with one attached hydrogen (secondary N) is 1. The molecule has 11 heteroatoms. The molecule has 1 N–H and O–H groups in total. The van der Waals surface area contributed by atoms with Gasteiger partial charge in [0.25, 0.3) is 10.0 Å². The molecule has 0 spiro atoms. The van der Waals surface area contributed by atoms with E-state index in [0.29, 0.717) is 18.7 Å². The number of hydrogen-bond donors (Lipinski definition) is 1. The Labute approximate surface area is 169 Å². The van der Waals surface area contributed by atoms with E-state index in [2.05, 4.69) is 4.72 Å². The summed E-state index contributed by atoms with van der Waals surface area (Å²) in [6.07, 6.45) is 0.486. The molecule has 2 aromatic carbocycles. The Balaban J connectivity index is 1.94. The van der Waals surface area contributed by atoms with Crippen molar-refractivity contribution in [3.8, 4) is 11.5 Å². The van der Waals surface area contributed by atoms with Crippen molar-refractivity contribution in [3.05, 3.63) is 41.4 Å². The second-order valence-electron chi connectivity index (χ2n) is 6.03. The van der Waals surface area contributed by atoms with Gasteiger partial charge >= 0.3 is 0 Å². The summed E-state index contributed by atoms with van der Waals surface area (Å²) in [5.41, 5.74) is 0.433. The minimum atomic E-state index is -3.95. The average Bonchev–Trinajstić information content (AvgIpc) is 3.01. The molecule has 0 atom stereocenters. The highest BCUT2D eigenvalue weighted by Crippen LogP contribution is 2.35. The van der Waals surface area contributed by atoms with Crippen LogP contribution in [0.2, 0.25) is 5.02 Å². The summed E-state index contributed by atoms with van der Waals surface area (Å²) in [4.78, 5) is -0.0320. The van der Waals surface area contributed by atoms with Crippen LogP contribution in [0.3, 0.4) is 0 Å². The predicted molar refractivity (Wildman–Crippen MR) is 108 cm³/mol. The third kappa shape index (κ3) is 3.98. The van der Waals surface area contributed by atoms with Crippen molar-refractivity contribution in [1.29, 1.82) is 0 Å². The highest BCUT2D eigenvalue weighted by molar-refractivity contribution is 7.93. The van der Waals surface area contributed by atoms with Crippen molar-refractivity contribution < 1.29 is 26.3 Å². The molecule has 1 aliphatic rings. The first-order chi connectivity index (χ1) is 13.2. The maximum Gasteiger partial charge on any atom is 0.262 e. The molecule has 0 bridgehead atoms. The molecule has 1 aliphatic heterocycles. The fourth-order valence-corrected chi connectivity index (χ4v) is 5.78. The van der Waals surface area contributed by atoms with Gasteiger partial charge in [0.2, 0.25) is 10.0 Å². The molecular weight excluding hydrogens is 428 g/mol. The Morgan fingerprint density at radius 2 is 1.79 bits per heavy atom. The van der Waals surface area contributed by atoms with Crippen LogP contribution in [0.15, 0.2) is 41.3 Å². The van der Waals surface area contributed by atoms with E-state index in [0.717, 1.165) is 0 Å². The molecule has 0 aliphatic carbocycles. The largest absolute Gasteiger partial charge is 0.493 e. The van der Waals surface area contributed by atoms with Crippen LogP contribution in [0.25, 0.3) is 0 Å². The van der Waals surface area contributed by atoms with Gasteiger partial charge in [-0.25, -0.2) is 16.8 Å². The Hall–Kier alpha value is -2.17. The van der Waals surface area contributed by atoms with Crippen LogP contribution >= 0.6 is 11.6 Å². The molecule has 0 saturated carbocycles. The highest BCUT2D eigenvalue weighted by Gasteiger charge is 2.30. The fourth-order valence-electron chi connectivity index (χ4n) is 2.88. The van der Waals surface area contributed by atoms with Crippen molar-refractivity contribution in [2.45, 2.75) is 11.3 Å². The molecule has 8 nitrogen and oxygen atoms in total. The number of methoxy groups -OCH3 is 2. The predicted octanol–water partition coefficient (Wildman–Crippen LogP) is 2.70. The minimum Gasteiger partial charge on any atom is -0.493 e. The summed E-state index contributed by atoms with van der Waals surface area (Å²) in [5.74, 6) is 0.699. The summed E-state index contributed by atoms with van der Waals surface area (Å²) in [5, 5.41) is 0.222. The number of ether oxygens (including phenoxy) is 2. The molecule has 28 heavy (non-hydrogen) atoms. The SMILES string of the molecule is COc1ccc(S(=O)(=O)Nc2ccc(Cl)c(N3CCCS3(=O)=O)c2)cc1OC. The lowest BCUT2D eigenvalue weighted by Crippen LogP contribution is -2.25. The third-order valence-electron chi connectivity index (χ3n) is 4.23. The van der Waals surface area contributed by atoms with Gasteiger partial charge in [0, 0.05) is 12.6 Å². The van der Waals surface area contributed by atoms with E-state index < -0.39 is 20.0 Å². The number of halogens is 1. The molecular formula is C17H19ClN2O6S2. The van der Waals surface area contributed by atoms with Crippen LogP contribution in [0.5, 0.6) is 11.5 Å². The number of nitrogens with zero attached hydrogens (tertiary/aromatic N) is 1. The summed E-state index contributed by atoms with van der Waals surface area (Å²) in [6, 6.07) is 8.53. The van der Waals surface area contributed by atoms with E-state index in [9.17, 15) is 16.8 Å². The van der Waals surface area contributed by atoms with Gasteiger partial charge in [0.15, 0.2) is 11.5 Å². The van der Waals surface area contributed by atoms with Gasteiger partial charge in [0.1, 0.15) is 0 Å². The zero-order valence-corrected chi connectivity index (χ0v) is 17.6. The summed E-state index contributed by atoms with van der Waals surface area (Å²) < 4.78 is 63.7. The molecule has 0 aromatic heterocycles. The third-order valence-corrected chi connectivity index (χ3v) is 7.79. The molecule has 1 heterocycles. The molecule has 3 rings (SSSR count). The first-order valence-corrected chi connectivity index (χ1v) is 11.7. The fraction of sp³-hybridized carbons (Fsp3) is 0.294. The van der Waals surface area contributed by atoms with Gasteiger partial charge in [-0.1, -0.05) is 11.6 Å². The Morgan fingerprint density at radius 1 is 1.07 bits per heavy atom. The lowest BCUT2D eigenvalue weighted by Gasteiger charge is -2.19. The molecule has 152 valence electrons. The van der Waals surface area contributed by atoms with Gasteiger partial charge in [-0.05, 0) is 36.8 Å². The van der Waals surface area contributed by atoms with Crippen LogP contribution in [-0.2, 0) is 20.0 Å². The van der Waals surface area contributed by atoms with Crippen molar-refractivity contribution in [1.82, 2.24) is 0 Å². The van der Waals surface area contributed by atoms with Crippen LogP contribution < -0.4 is 18.5 Å². The van der Waals surface area contributed by atoms with Crippen LogP contribution in [-0.4, -0.2) is 43.4 Å². The molecule has 2 aromatic rings. The Morgan fingerprint density at radius 3 is 2.39 bits per heavy atom. The number of anilines is 2. The first-order valence-electron chi connectivity index (χ1n) is 8.23. The Bertz CT molecular complexity index is 1100. The monoisotopic (exact) mass is 446 g/mol. The van der Waals surface area contributed by atoms with Crippen molar-refractivity contribution in [2.24, 2.45) is 0 Å². The average molecular weight is 447 g/mol. The summed E-state index contributed by atoms with van der Waals surface area (Å²) >= 11 is 6.15. The maximum absolute atomic E-state index is 12.7. The second-order valence-corrected chi connectivity index (χ2v) is 10.1. The molecule has 0 radical (unpaired) electrons. The second kappa shape index (κ2) is 7.69. The minimum absolute atomic E-state index is 0.0320. The van der Waals surface area contributed by atoms with E-state index in [1.807, 2.05) is 0 Å². The first kappa shape index (κ1) is 20.6. The summed E-state index contributed by atoms with van der Waals surface area (Å²) in [7, 11) is -4.54. The maximum atomic E-state index is 12.7. The smallest absolute Gasteiger partial charge is 0.262 e. The van der Waals surface area contributed by atoms with Gasteiger partial charge in [-0.3, -0.25) is 9.03 Å². The van der Waals surface area contributed by atoms with Gasteiger partial charge in [-0.2, -0.15) is 0 Å². The lowest BCUT2D eigenvalue weighted by molar-refractivity contribution is 0.354. The van der Waals surface area contributed by atoms with E-state index in [4.69, 9.17) is 21.1 Å². The topological polar surface area (TPSA) is 102 Å². The van der Waals surface area contributed by atoms with Crippen molar-refractivity contribution >= 4 is 43.0 Å². The highest BCUT2D eigenvalue weighted by atomic mass is 35.5. The lowest BCUT2D eigenvalue weighted by atomic mass is 10.3. The van der Waals surface area contributed by atoms with E-state index in [-0.39, 0.29) is 32.8 Å². The Kier molecular flexibility index (Phi) is 5.64. The van der Waals surface area contributed by atoms with E-state index in [1.54, 1.807) is 0 Å². The van der Waals surface area contributed by atoms with Crippen LogP contribution in [0.1, 0.15) is 6.42 Å². The molecule has 1 fully saturated rings. The van der Waals surface area contributed by atoms with E-state index in [1.165, 1.54) is 54.9 Å². The molecule has 1 saturated heterocycles. The van der Waals surface area contributed by atoms with Gasteiger partial charge < -0.3 is 9.47 Å². The van der Waals surface area contributed by atoms with Crippen LogP contribution in [0.4, 0.5) is 11.4 Å². The van der Waals surface area contributed by atoms with Gasteiger partial charge in [-0.15, -0.1) is 0 Å². The number of hydrogen-bond acceptors (Lipinski definition) is 6. The zero-order chi connectivity index (χ0) is 20.5. The molecule has 0 unspecified atom stereocenters. The quantitative estimate of drug-likeness (QED) is 0.731. The van der Waals surface area contributed by atoms with Crippen LogP contribution in [0, 0.1) is 0 Å². The zero-order valence-electron chi connectivity index (χ0n) is 15.2. The van der Waals surface area contributed by atoms with E-state index >= 15 is 0 Å². The van der Waals surface area contributed by atoms with Crippen molar-refractivity contribution in [2.75, 3.05) is 35.5 Å². The summed E-state index contributed by atoms with van der Waals surface area (Å²) in [6.45, 7) is 0.300. The van der Waals surface area contributed by atoms with Gasteiger partial charge in [0.05, 0.1) is 41.3 Å². The number of rotatable bonds is 6. The van der Waals surface area contributed by atoms with Crippen molar-refractivity contribution in [3.63, 3.8) is 0 Å².